The molecule has 0 atom stereocenters. The first-order valence-corrected chi connectivity index (χ1v) is 8.29. The summed E-state index contributed by atoms with van der Waals surface area (Å²) in [6.07, 6.45) is 2.94. The van der Waals surface area contributed by atoms with Gasteiger partial charge in [0.2, 0.25) is 0 Å². The number of carbonyl (C=O) groups excluding carboxylic acids is 1. The molecule has 0 aromatic heterocycles. The molecule has 0 spiro atoms. The van der Waals surface area contributed by atoms with Gasteiger partial charge in [-0.25, -0.2) is 4.79 Å². The number of nitrogens with one attached hydrogen (secondary N) is 1. The van der Waals surface area contributed by atoms with E-state index < -0.39 is 11.2 Å². The third-order valence-electron chi connectivity index (χ3n) is 4.29. The molecule has 2 N–H and O–H groups in total. The second-order valence-corrected chi connectivity index (χ2v) is 7.46. The van der Waals surface area contributed by atoms with E-state index in [2.05, 4.69) is 5.32 Å². The van der Waals surface area contributed by atoms with Gasteiger partial charge in [-0.3, -0.25) is 0 Å². The fraction of sp³-hybridized carbons (Fsp3) is 0.938. The lowest BCUT2D eigenvalue weighted by Crippen LogP contribution is -2.51. The number of amides is 1. The molecule has 2 saturated heterocycles. The van der Waals surface area contributed by atoms with E-state index in [0.29, 0.717) is 51.7 Å². The zero-order chi connectivity index (χ0) is 16.2. The summed E-state index contributed by atoms with van der Waals surface area (Å²) >= 11 is 0. The largest absolute Gasteiger partial charge is 0.444 e. The summed E-state index contributed by atoms with van der Waals surface area (Å²) in [5, 5.41) is 13.9. The van der Waals surface area contributed by atoms with Crippen LogP contribution >= 0.6 is 0 Å². The van der Waals surface area contributed by atoms with Crippen LogP contribution in [0.2, 0.25) is 0 Å². The third kappa shape index (κ3) is 5.41. The van der Waals surface area contributed by atoms with Crippen molar-refractivity contribution in [1.82, 2.24) is 10.2 Å². The van der Waals surface area contributed by atoms with E-state index in [4.69, 9.17) is 9.47 Å². The van der Waals surface area contributed by atoms with Crippen LogP contribution in [0.3, 0.4) is 0 Å². The maximum Gasteiger partial charge on any atom is 0.410 e. The number of piperidine rings is 1. The second kappa shape index (κ2) is 7.15. The zero-order valence-corrected chi connectivity index (χ0v) is 14.1. The summed E-state index contributed by atoms with van der Waals surface area (Å²) in [4.78, 5) is 13.8. The Morgan fingerprint density at radius 3 is 2.45 bits per heavy atom. The van der Waals surface area contributed by atoms with Gasteiger partial charge in [0.05, 0.1) is 5.60 Å². The normalized spacial score (nSPS) is 23.4. The molecule has 2 aliphatic rings. The van der Waals surface area contributed by atoms with E-state index in [9.17, 15) is 9.90 Å². The lowest BCUT2D eigenvalue weighted by Gasteiger charge is -2.37. The fourth-order valence-electron chi connectivity index (χ4n) is 2.86. The van der Waals surface area contributed by atoms with E-state index in [1.807, 2.05) is 20.8 Å². The van der Waals surface area contributed by atoms with Gasteiger partial charge in [-0.1, -0.05) is 0 Å². The summed E-state index contributed by atoms with van der Waals surface area (Å²) in [5.41, 5.74) is -1.08. The average Bonchev–Trinajstić information content (AvgIpc) is 2.45. The first-order chi connectivity index (χ1) is 10.3. The predicted octanol–water partition coefficient (Wildman–Crippen LogP) is 1.52. The maximum absolute atomic E-state index is 12.0. The van der Waals surface area contributed by atoms with Crippen molar-refractivity contribution in [1.29, 1.82) is 0 Å². The van der Waals surface area contributed by atoms with Crippen LogP contribution in [0.15, 0.2) is 0 Å². The molecule has 6 nitrogen and oxygen atoms in total. The number of likely N-dealkylation sites (tertiary alicyclic amines) is 1. The lowest BCUT2D eigenvalue weighted by atomic mass is 9.93. The monoisotopic (exact) mass is 314 g/mol. The van der Waals surface area contributed by atoms with Gasteiger partial charge in [-0.15, -0.1) is 0 Å². The van der Waals surface area contributed by atoms with Crippen molar-refractivity contribution in [2.24, 2.45) is 0 Å². The molecule has 1 amide bonds. The van der Waals surface area contributed by atoms with Crippen molar-refractivity contribution < 1.29 is 19.4 Å². The molecule has 2 heterocycles. The topological polar surface area (TPSA) is 71.0 Å². The summed E-state index contributed by atoms with van der Waals surface area (Å²) in [6.45, 7) is 8.93. The molecule has 0 radical (unpaired) electrons. The minimum absolute atomic E-state index is 0.228. The summed E-state index contributed by atoms with van der Waals surface area (Å²) < 4.78 is 10.7. The van der Waals surface area contributed by atoms with Crippen LogP contribution in [0.5, 0.6) is 0 Å². The van der Waals surface area contributed by atoms with E-state index >= 15 is 0 Å². The average molecular weight is 314 g/mol. The van der Waals surface area contributed by atoms with Crippen molar-refractivity contribution in [3.8, 4) is 0 Å². The molecule has 2 aliphatic heterocycles. The summed E-state index contributed by atoms with van der Waals surface area (Å²) in [5.74, 6) is 0. The van der Waals surface area contributed by atoms with Gasteiger partial charge in [0.1, 0.15) is 5.60 Å². The van der Waals surface area contributed by atoms with Crippen LogP contribution in [-0.2, 0) is 9.47 Å². The van der Waals surface area contributed by atoms with Crippen LogP contribution in [0.25, 0.3) is 0 Å². The van der Waals surface area contributed by atoms with Crippen LogP contribution < -0.4 is 5.32 Å². The standard InChI is InChI=1S/C16H30N2O4/c1-15(2,3)22-14(19)18-8-4-13(5-9-18)17-12-16(20)6-10-21-11-7-16/h13,17,20H,4-12H2,1-3H3. The highest BCUT2D eigenvalue weighted by molar-refractivity contribution is 5.68. The Bertz CT molecular complexity index is 367. The lowest BCUT2D eigenvalue weighted by molar-refractivity contribution is -0.0636. The summed E-state index contributed by atoms with van der Waals surface area (Å²) in [6, 6.07) is 0.352. The minimum Gasteiger partial charge on any atom is -0.444 e. The molecule has 0 unspecified atom stereocenters. The van der Waals surface area contributed by atoms with Crippen molar-refractivity contribution in [3.05, 3.63) is 0 Å². The van der Waals surface area contributed by atoms with Crippen LogP contribution in [0, 0.1) is 0 Å². The minimum atomic E-state index is -0.638. The van der Waals surface area contributed by atoms with Gasteiger partial charge in [-0.2, -0.15) is 0 Å². The molecule has 128 valence electrons. The van der Waals surface area contributed by atoms with E-state index in [-0.39, 0.29) is 6.09 Å². The van der Waals surface area contributed by atoms with Crippen molar-refractivity contribution in [2.75, 3.05) is 32.8 Å². The second-order valence-electron chi connectivity index (χ2n) is 7.46. The SMILES string of the molecule is CC(C)(C)OC(=O)N1CCC(NCC2(O)CCOCC2)CC1. The molecule has 6 heteroatoms. The van der Waals surface area contributed by atoms with Gasteiger partial charge < -0.3 is 24.8 Å². The molecule has 2 rings (SSSR count). The molecule has 0 bridgehead atoms. The highest BCUT2D eigenvalue weighted by Crippen LogP contribution is 2.21. The maximum atomic E-state index is 12.0. The molecule has 0 aromatic rings. The molecule has 0 aliphatic carbocycles. The number of hydrogen-bond donors (Lipinski definition) is 2. The van der Waals surface area contributed by atoms with Gasteiger partial charge in [-0.05, 0) is 33.6 Å². The predicted molar refractivity (Wildman–Crippen MR) is 83.8 cm³/mol. The summed E-state index contributed by atoms with van der Waals surface area (Å²) in [7, 11) is 0. The van der Waals surface area contributed by atoms with E-state index in [1.165, 1.54) is 0 Å². The molecular formula is C16H30N2O4. The Labute approximate surface area is 133 Å². The van der Waals surface area contributed by atoms with Crippen LogP contribution in [0.4, 0.5) is 4.79 Å². The molecular weight excluding hydrogens is 284 g/mol. The number of nitrogens with zero attached hydrogens (tertiary/aromatic N) is 1. The van der Waals surface area contributed by atoms with Gasteiger partial charge in [0.15, 0.2) is 0 Å². The van der Waals surface area contributed by atoms with E-state index in [0.717, 1.165) is 12.8 Å². The number of rotatable bonds is 3. The molecule has 0 saturated carbocycles. The number of hydrogen-bond acceptors (Lipinski definition) is 5. The third-order valence-corrected chi connectivity index (χ3v) is 4.29. The van der Waals surface area contributed by atoms with Crippen molar-refractivity contribution in [3.63, 3.8) is 0 Å². The molecule has 22 heavy (non-hydrogen) atoms. The van der Waals surface area contributed by atoms with Crippen LogP contribution in [0.1, 0.15) is 46.5 Å². The Morgan fingerprint density at radius 2 is 1.91 bits per heavy atom. The smallest absolute Gasteiger partial charge is 0.410 e. The fourth-order valence-corrected chi connectivity index (χ4v) is 2.86. The molecule has 0 aromatic carbocycles. The highest BCUT2D eigenvalue weighted by Gasteiger charge is 2.32. The Morgan fingerprint density at radius 1 is 1.32 bits per heavy atom. The van der Waals surface area contributed by atoms with Gasteiger partial charge in [0.25, 0.3) is 0 Å². The van der Waals surface area contributed by atoms with Crippen molar-refractivity contribution >= 4 is 6.09 Å². The Hall–Kier alpha value is -0.850. The number of ether oxygens (including phenoxy) is 2. The zero-order valence-electron chi connectivity index (χ0n) is 14.1. The number of aliphatic hydroxyl groups is 1. The Balaban J connectivity index is 1.70. The number of carbonyl (C=O) groups is 1. The van der Waals surface area contributed by atoms with Gasteiger partial charge in [0, 0.05) is 51.7 Å². The molecule has 2 fully saturated rings. The first-order valence-electron chi connectivity index (χ1n) is 8.29. The van der Waals surface area contributed by atoms with Gasteiger partial charge >= 0.3 is 6.09 Å². The quantitative estimate of drug-likeness (QED) is 0.826. The first kappa shape index (κ1) is 17.5. The van der Waals surface area contributed by atoms with Crippen molar-refractivity contribution in [2.45, 2.75) is 63.7 Å². The van der Waals surface area contributed by atoms with Crippen LogP contribution in [-0.4, -0.2) is 66.2 Å². The van der Waals surface area contributed by atoms with E-state index in [1.54, 1.807) is 4.90 Å². The Kier molecular flexibility index (Phi) is 5.69. The highest BCUT2D eigenvalue weighted by atomic mass is 16.6.